The fourth-order valence-corrected chi connectivity index (χ4v) is 4.83. The zero-order chi connectivity index (χ0) is 27.4. The highest BCUT2D eigenvalue weighted by Gasteiger charge is 2.32. The van der Waals surface area contributed by atoms with Gasteiger partial charge in [-0.15, -0.1) is 5.10 Å². The molecule has 2 N–H and O–H groups in total. The molecular formula is C29H26F3N7. The summed E-state index contributed by atoms with van der Waals surface area (Å²) in [5.74, 6) is 0.322. The van der Waals surface area contributed by atoms with Gasteiger partial charge in [-0.2, -0.15) is 23.5 Å². The first-order valence-electron chi connectivity index (χ1n) is 12.7. The Hall–Kier alpha value is -4.36. The quantitative estimate of drug-likeness (QED) is 0.310. The van der Waals surface area contributed by atoms with Crippen molar-refractivity contribution in [2.75, 3.05) is 18.4 Å². The van der Waals surface area contributed by atoms with Crippen LogP contribution in [-0.2, 0) is 6.18 Å². The molecule has 3 heterocycles. The lowest BCUT2D eigenvalue weighted by atomic mass is 9.88. The Morgan fingerprint density at radius 2 is 1.79 bits per heavy atom. The third-order valence-electron chi connectivity index (χ3n) is 6.86. The molecule has 1 unspecified atom stereocenters. The molecule has 2 aromatic heterocycles. The van der Waals surface area contributed by atoms with Crippen molar-refractivity contribution in [3.8, 4) is 28.6 Å². The smallest absolute Gasteiger partial charge is 0.348 e. The summed E-state index contributed by atoms with van der Waals surface area (Å²) in [7, 11) is 0. The molecule has 1 aliphatic rings. The Morgan fingerprint density at radius 3 is 2.51 bits per heavy atom. The Balaban J connectivity index is 1.64. The second-order valence-electron chi connectivity index (χ2n) is 9.44. The summed E-state index contributed by atoms with van der Waals surface area (Å²) in [6.45, 7) is 3.53. The van der Waals surface area contributed by atoms with Gasteiger partial charge >= 0.3 is 6.18 Å². The van der Waals surface area contributed by atoms with Gasteiger partial charge in [0.15, 0.2) is 0 Å². The minimum absolute atomic E-state index is 0.000227. The summed E-state index contributed by atoms with van der Waals surface area (Å²) < 4.78 is 40.7. The van der Waals surface area contributed by atoms with Crippen molar-refractivity contribution >= 4 is 5.95 Å². The minimum Gasteiger partial charge on any atom is -0.348 e. The fraction of sp³-hybridized carbons (Fsp3) is 0.276. The molecule has 0 radical (unpaired) electrons. The second kappa shape index (κ2) is 11.2. The van der Waals surface area contributed by atoms with Crippen LogP contribution in [0.25, 0.3) is 22.5 Å². The fourth-order valence-electron chi connectivity index (χ4n) is 4.83. The maximum atomic E-state index is 13.6. The number of aromatic nitrogens is 4. The van der Waals surface area contributed by atoms with E-state index in [1.807, 2.05) is 37.3 Å². The number of alkyl halides is 3. The van der Waals surface area contributed by atoms with Gasteiger partial charge in [-0.1, -0.05) is 42.5 Å². The number of hydrogen-bond donors (Lipinski definition) is 2. The molecule has 1 atom stereocenters. The van der Waals surface area contributed by atoms with Crippen LogP contribution in [0.1, 0.15) is 54.1 Å². The van der Waals surface area contributed by atoms with Gasteiger partial charge in [0.2, 0.25) is 5.95 Å². The number of hydrogen-bond acceptors (Lipinski definition) is 7. The topological polar surface area (TPSA) is 99.4 Å². The van der Waals surface area contributed by atoms with Gasteiger partial charge in [-0.05, 0) is 56.6 Å². The molecular weight excluding hydrogens is 503 g/mol. The van der Waals surface area contributed by atoms with Crippen LogP contribution in [-0.4, -0.2) is 33.3 Å². The van der Waals surface area contributed by atoms with E-state index >= 15 is 0 Å². The molecule has 39 heavy (non-hydrogen) atoms. The molecule has 1 saturated heterocycles. The highest BCUT2D eigenvalue weighted by atomic mass is 19.4. The van der Waals surface area contributed by atoms with Crippen molar-refractivity contribution in [3.63, 3.8) is 0 Å². The van der Waals surface area contributed by atoms with Crippen LogP contribution in [0.15, 0.2) is 66.9 Å². The van der Waals surface area contributed by atoms with E-state index in [1.165, 1.54) is 12.1 Å². The molecule has 2 aromatic carbocycles. The lowest BCUT2D eigenvalue weighted by Crippen LogP contribution is -2.27. The van der Waals surface area contributed by atoms with Crippen molar-refractivity contribution < 1.29 is 13.2 Å². The van der Waals surface area contributed by atoms with E-state index in [1.54, 1.807) is 12.3 Å². The Labute approximate surface area is 224 Å². The molecule has 0 aliphatic carbocycles. The predicted octanol–water partition coefficient (Wildman–Crippen LogP) is 6.13. The van der Waals surface area contributed by atoms with Gasteiger partial charge < -0.3 is 10.6 Å². The van der Waals surface area contributed by atoms with Crippen LogP contribution in [0, 0.1) is 11.3 Å². The molecule has 1 fully saturated rings. The van der Waals surface area contributed by atoms with Crippen LogP contribution < -0.4 is 10.6 Å². The van der Waals surface area contributed by atoms with Gasteiger partial charge in [-0.25, -0.2) is 9.97 Å². The molecule has 0 saturated carbocycles. The van der Waals surface area contributed by atoms with Crippen LogP contribution in [0.2, 0.25) is 0 Å². The van der Waals surface area contributed by atoms with Crippen molar-refractivity contribution in [2.24, 2.45) is 0 Å². The molecule has 0 spiro atoms. The number of halogens is 3. The number of nitrogens with zero attached hydrogens (tertiary/aromatic N) is 5. The number of rotatable bonds is 6. The summed E-state index contributed by atoms with van der Waals surface area (Å²) in [4.78, 5) is 9.03. The Bertz CT molecular complexity index is 1490. The molecule has 0 bridgehead atoms. The summed E-state index contributed by atoms with van der Waals surface area (Å²) >= 11 is 0. The first kappa shape index (κ1) is 26.3. The summed E-state index contributed by atoms with van der Waals surface area (Å²) in [6, 6.07) is 18.5. The lowest BCUT2D eigenvalue weighted by molar-refractivity contribution is -0.137. The highest BCUT2D eigenvalue weighted by molar-refractivity contribution is 5.84. The molecule has 10 heteroatoms. The van der Waals surface area contributed by atoms with Crippen molar-refractivity contribution in [1.29, 1.82) is 5.26 Å². The molecule has 1 aliphatic heterocycles. The number of piperidine rings is 1. The monoisotopic (exact) mass is 529 g/mol. The summed E-state index contributed by atoms with van der Waals surface area (Å²) in [5.41, 5.74) is 2.12. The molecule has 7 nitrogen and oxygen atoms in total. The first-order valence-corrected chi connectivity index (χ1v) is 12.7. The molecule has 4 aromatic rings. The van der Waals surface area contributed by atoms with E-state index in [-0.39, 0.29) is 28.8 Å². The van der Waals surface area contributed by atoms with E-state index in [9.17, 15) is 18.4 Å². The van der Waals surface area contributed by atoms with Crippen molar-refractivity contribution in [2.45, 2.75) is 37.9 Å². The zero-order valence-corrected chi connectivity index (χ0v) is 21.2. The maximum absolute atomic E-state index is 13.6. The number of benzene rings is 2. The Morgan fingerprint density at radius 1 is 1.03 bits per heavy atom. The lowest BCUT2D eigenvalue weighted by Gasteiger charge is -2.24. The van der Waals surface area contributed by atoms with E-state index < -0.39 is 11.7 Å². The standard InChI is InChI=1S/C29H26F3N7/c1-18(19-6-3-2-4-7-19)36-28-35-15-12-24(37-28)25-23(17-33)26(20-10-13-34-14-11-20)38-39-27(25)21-8-5-9-22(16-21)29(30,31)32/h2-9,12,15-16,18,20,34H,10-11,13-14H2,1H3,(H,35,36,37). The zero-order valence-electron chi connectivity index (χ0n) is 21.2. The molecule has 5 rings (SSSR count). The molecule has 0 amide bonds. The van der Waals surface area contributed by atoms with E-state index in [0.29, 0.717) is 22.9 Å². The Kier molecular flexibility index (Phi) is 7.52. The van der Waals surface area contributed by atoms with Crippen LogP contribution in [0.4, 0.5) is 19.1 Å². The highest BCUT2D eigenvalue weighted by Crippen LogP contribution is 2.39. The third-order valence-corrected chi connectivity index (χ3v) is 6.86. The molecule has 198 valence electrons. The van der Waals surface area contributed by atoms with E-state index in [4.69, 9.17) is 0 Å². The van der Waals surface area contributed by atoms with Crippen LogP contribution in [0.5, 0.6) is 0 Å². The van der Waals surface area contributed by atoms with Crippen molar-refractivity contribution in [1.82, 2.24) is 25.5 Å². The summed E-state index contributed by atoms with van der Waals surface area (Å²) in [6.07, 6.45) is -1.42. The van der Waals surface area contributed by atoms with Gasteiger partial charge in [0.05, 0.1) is 28.6 Å². The first-order chi connectivity index (χ1) is 18.8. The average molecular weight is 530 g/mol. The minimum atomic E-state index is -4.53. The third kappa shape index (κ3) is 5.73. The largest absolute Gasteiger partial charge is 0.416 e. The van der Waals surface area contributed by atoms with E-state index in [0.717, 1.165) is 43.6 Å². The van der Waals surface area contributed by atoms with Crippen LogP contribution >= 0.6 is 0 Å². The summed E-state index contributed by atoms with van der Waals surface area (Å²) in [5, 5.41) is 25.7. The number of anilines is 1. The van der Waals surface area contributed by atoms with Crippen molar-refractivity contribution in [3.05, 3.63) is 89.2 Å². The normalized spacial score (nSPS) is 14.9. The predicted molar refractivity (Wildman–Crippen MR) is 142 cm³/mol. The van der Waals surface area contributed by atoms with Gasteiger partial charge in [0, 0.05) is 23.2 Å². The number of nitrogens with one attached hydrogen (secondary N) is 2. The van der Waals surface area contributed by atoms with Crippen LogP contribution in [0.3, 0.4) is 0 Å². The average Bonchev–Trinajstić information content (AvgIpc) is 2.97. The van der Waals surface area contributed by atoms with Gasteiger partial charge in [-0.3, -0.25) is 0 Å². The van der Waals surface area contributed by atoms with Gasteiger partial charge in [0.1, 0.15) is 11.8 Å². The number of nitriles is 1. The van der Waals surface area contributed by atoms with Gasteiger partial charge in [0.25, 0.3) is 0 Å². The van der Waals surface area contributed by atoms with E-state index in [2.05, 4.69) is 36.9 Å². The second-order valence-corrected chi connectivity index (χ2v) is 9.44. The SMILES string of the molecule is CC(Nc1nccc(-c2c(-c3cccc(C(F)(F)F)c3)nnc(C3CCNCC3)c2C#N)n1)c1ccccc1. The maximum Gasteiger partial charge on any atom is 0.416 e.